The highest BCUT2D eigenvalue weighted by Crippen LogP contribution is 1.86. The minimum atomic E-state index is 0.976. The van der Waals surface area contributed by atoms with Gasteiger partial charge in [-0.3, -0.25) is 0 Å². The van der Waals surface area contributed by atoms with E-state index in [-0.39, 0.29) is 0 Å². The zero-order valence-electron chi connectivity index (χ0n) is 8.89. The Hall–Kier alpha value is -0.340. The van der Waals surface area contributed by atoms with Crippen LogP contribution in [0.4, 0.5) is 0 Å². The third-order valence-corrected chi connectivity index (χ3v) is 0.677. The number of hydrogen-bond donors (Lipinski definition) is 0. The van der Waals surface area contributed by atoms with Crippen LogP contribution in [-0.4, -0.2) is 58.2 Å². The van der Waals surface area contributed by atoms with Gasteiger partial charge >= 0.3 is 0 Å². The van der Waals surface area contributed by atoms with Crippen molar-refractivity contribution in [3.63, 3.8) is 0 Å². The lowest BCUT2D eigenvalue weighted by molar-refractivity contribution is -0.864. The van der Waals surface area contributed by atoms with E-state index in [2.05, 4.69) is 27.7 Å². The van der Waals surface area contributed by atoms with Crippen LogP contribution >= 0.6 is 0 Å². The second-order valence-corrected chi connectivity index (χ2v) is 4.10. The quantitative estimate of drug-likeness (QED) is 0.430. The van der Waals surface area contributed by atoms with E-state index >= 15 is 0 Å². The van der Waals surface area contributed by atoms with Crippen LogP contribution in [0.1, 0.15) is 0 Å². The Kier molecular flexibility index (Phi) is 7.69. The Morgan fingerprint density at radius 3 is 1.45 bits per heavy atom. The van der Waals surface area contributed by atoms with E-state index in [0.717, 1.165) is 11.0 Å². The number of likely N-dealkylation sites (N-methyl/N-ethyl adjacent to an activating group) is 1. The summed E-state index contributed by atoms with van der Waals surface area (Å²) in [6.45, 7) is 4.67. The van der Waals surface area contributed by atoms with Gasteiger partial charge in [0.1, 0.15) is 0 Å². The Bertz CT molecular complexity index is 87.5. The molecule has 0 fully saturated rings. The molecule has 11 heavy (non-hydrogen) atoms. The molecule has 0 aromatic heterocycles. The molecule has 0 spiro atoms. The highest BCUT2D eigenvalue weighted by molar-refractivity contribution is 4.63. The molecule has 0 aliphatic heterocycles. The summed E-state index contributed by atoms with van der Waals surface area (Å²) in [6.07, 6.45) is 1.93. The summed E-state index contributed by atoms with van der Waals surface area (Å²) in [4.78, 5) is 2.00. The smallest absolute Gasteiger partial charge is 0.0964 e. The second kappa shape index (κ2) is 6.38. The van der Waals surface area contributed by atoms with Crippen molar-refractivity contribution >= 4 is 0 Å². The maximum absolute atomic E-state index is 3.63. The van der Waals surface area contributed by atoms with Crippen LogP contribution in [0.2, 0.25) is 0 Å². The summed E-state index contributed by atoms with van der Waals surface area (Å²) >= 11 is 0. The molecule has 0 bridgehead atoms. The van der Waals surface area contributed by atoms with E-state index in [1.165, 1.54) is 0 Å². The van der Waals surface area contributed by atoms with Crippen molar-refractivity contribution in [1.82, 2.24) is 4.90 Å². The molecule has 0 aliphatic carbocycles. The standard InChI is InChI=1S/C6H14N.C3H9N/c1-5-6-7(2,3)4;1-4(2)3/h5H,1,6H2,2-4H3;1-3H3/q+1;. The predicted octanol–water partition coefficient (Wildman–Crippen LogP) is 1.06. The molecule has 0 unspecified atom stereocenters. The molecule has 0 atom stereocenters. The van der Waals surface area contributed by atoms with E-state index in [9.17, 15) is 0 Å². The predicted molar refractivity (Wildman–Crippen MR) is 52.7 cm³/mol. The van der Waals surface area contributed by atoms with Gasteiger partial charge in [0.05, 0.1) is 27.7 Å². The first-order chi connectivity index (χ1) is 4.79. The lowest BCUT2D eigenvalue weighted by atomic mass is 10.5. The molecule has 2 heteroatoms. The Morgan fingerprint density at radius 2 is 1.45 bits per heavy atom. The minimum Gasteiger partial charge on any atom is -0.328 e. The molecule has 0 amide bonds. The average Bonchev–Trinajstić information content (AvgIpc) is 1.58. The average molecular weight is 159 g/mol. The first kappa shape index (κ1) is 13.3. The van der Waals surface area contributed by atoms with Gasteiger partial charge in [0.2, 0.25) is 0 Å². The Labute approximate surface area is 71.7 Å². The molecule has 0 saturated carbocycles. The van der Waals surface area contributed by atoms with Crippen LogP contribution in [0, 0.1) is 0 Å². The van der Waals surface area contributed by atoms with Gasteiger partial charge < -0.3 is 9.38 Å². The zero-order chi connectivity index (χ0) is 9.49. The first-order valence-corrected chi connectivity index (χ1v) is 3.82. The maximum atomic E-state index is 3.63. The first-order valence-electron chi connectivity index (χ1n) is 3.82. The van der Waals surface area contributed by atoms with E-state index in [0.29, 0.717) is 0 Å². The Balaban J connectivity index is 0. The van der Waals surface area contributed by atoms with Crippen LogP contribution < -0.4 is 0 Å². The fourth-order valence-corrected chi connectivity index (χ4v) is 0.387. The highest BCUT2D eigenvalue weighted by atomic mass is 15.3. The van der Waals surface area contributed by atoms with Crippen LogP contribution in [0.3, 0.4) is 0 Å². The molecule has 0 heterocycles. The summed E-state index contributed by atoms with van der Waals surface area (Å²) in [5.41, 5.74) is 0. The van der Waals surface area contributed by atoms with Gasteiger partial charge in [-0.1, -0.05) is 6.58 Å². The van der Waals surface area contributed by atoms with Crippen molar-refractivity contribution in [2.45, 2.75) is 0 Å². The molecule has 0 aromatic carbocycles. The van der Waals surface area contributed by atoms with Crippen molar-refractivity contribution in [2.75, 3.05) is 48.8 Å². The summed E-state index contributed by atoms with van der Waals surface area (Å²) in [7, 11) is 12.4. The van der Waals surface area contributed by atoms with Gasteiger partial charge in [0.15, 0.2) is 0 Å². The monoisotopic (exact) mass is 159 g/mol. The largest absolute Gasteiger partial charge is 0.328 e. The molecular weight excluding hydrogens is 136 g/mol. The van der Waals surface area contributed by atoms with Crippen molar-refractivity contribution in [2.24, 2.45) is 0 Å². The van der Waals surface area contributed by atoms with Crippen molar-refractivity contribution in [1.29, 1.82) is 0 Å². The van der Waals surface area contributed by atoms with Crippen molar-refractivity contribution in [3.05, 3.63) is 12.7 Å². The zero-order valence-corrected chi connectivity index (χ0v) is 8.89. The summed E-state index contributed by atoms with van der Waals surface area (Å²) < 4.78 is 0.976. The topological polar surface area (TPSA) is 3.24 Å². The molecule has 0 aromatic rings. The molecule has 0 N–H and O–H groups in total. The van der Waals surface area contributed by atoms with Gasteiger partial charge in [-0.2, -0.15) is 0 Å². The normalized spacial score (nSPS) is 10.5. The van der Waals surface area contributed by atoms with E-state index < -0.39 is 0 Å². The number of nitrogens with zero attached hydrogens (tertiary/aromatic N) is 2. The van der Waals surface area contributed by atoms with Crippen LogP contribution in [0.5, 0.6) is 0 Å². The minimum absolute atomic E-state index is 0.976. The fourth-order valence-electron chi connectivity index (χ4n) is 0.387. The number of quaternary nitrogens is 1. The van der Waals surface area contributed by atoms with Gasteiger partial charge in [-0.15, -0.1) is 0 Å². The summed E-state index contributed by atoms with van der Waals surface area (Å²) in [5.74, 6) is 0. The van der Waals surface area contributed by atoms with Crippen molar-refractivity contribution < 1.29 is 4.48 Å². The van der Waals surface area contributed by atoms with Gasteiger partial charge in [-0.05, 0) is 27.2 Å². The maximum Gasteiger partial charge on any atom is 0.0964 e. The molecular formula is C9H23N2+. The van der Waals surface area contributed by atoms with Crippen molar-refractivity contribution in [3.8, 4) is 0 Å². The highest BCUT2D eigenvalue weighted by Gasteiger charge is 1.99. The lowest BCUT2D eigenvalue weighted by Crippen LogP contribution is -2.33. The Morgan fingerprint density at radius 1 is 1.18 bits per heavy atom. The lowest BCUT2D eigenvalue weighted by Gasteiger charge is -2.21. The SMILES string of the molecule is C=CC[N+](C)(C)C.CN(C)C. The van der Waals surface area contributed by atoms with E-state index in [1.807, 2.05) is 32.1 Å². The van der Waals surface area contributed by atoms with Gasteiger partial charge in [0.25, 0.3) is 0 Å². The van der Waals surface area contributed by atoms with E-state index in [4.69, 9.17) is 0 Å². The molecule has 0 saturated heterocycles. The van der Waals surface area contributed by atoms with Crippen LogP contribution in [-0.2, 0) is 0 Å². The fraction of sp³-hybridized carbons (Fsp3) is 0.778. The van der Waals surface area contributed by atoms with Crippen LogP contribution in [0.15, 0.2) is 12.7 Å². The number of hydrogen-bond acceptors (Lipinski definition) is 1. The molecule has 2 nitrogen and oxygen atoms in total. The van der Waals surface area contributed by atoms with Crippen LogP contribution in [0.25, 0.3) is 0 Å². The van der Waals surface area contributed by atoms with Gasteiger partial charge in [-0.25, -0.2) is 0 Å². The third kappa shape index (κ3) is 42.3. The van der Waals surface area contributed by atoms with Gasteiger partial charge in [0, 0.05) is 0 Å². The third-order valence-electron chi connectivity index (χ3n) is 0.677. The van der Waals surface area contributed by atoms with E-state index in [1.54, 1.807) is 0 Å². The number of rotatable bonds is 2. The summed E-state index contributed by atoms with van der Waals surface area (Å²) in [5, 5.41) is 0. The summed E-state index contributed by atoms with van der Waals surface area (Å²) in [6, 6.07) is 0. The molecule has 68 valence electrons. The molecule has 0 aliphatic rings. The molecule has 0 radical (unpaired) electrons. The molecule has 0 rings (SSSR count). The second-order valence-electron chi connectivity index (χ2n) is 4.10.